The highest BCUT2D eigenvalue weighted by Crippen LogP contribution is 2.42. The lowest BCUT2D eigenvalue weighted by atomic mass is 10.0. The fourth-order valence-corrected chi connectivity index (χ4v) is 4.53. The summed E-state index contributed by atoms with van der Waals surface area (Å²) in [6.07, 6.45) is 2.60. The molecule has 2 aromatic heterocycles. The number of benzene rings is 1. The topological polar surface area (TPSA) is 61.6 Å². The highest BCUT2D eigenvalue weighted by molar-refractivity contribution is 7.40. The Morgan fingerprint density at radius 3 is 2.69 bits per heavy atom. The van der Waals surface area contributed by atoms with Crippen LogP contribution in [-0.4, -0.2) is 40.9 Å². The molecule has 0 aliphatic carbocycles. The van der Waals surface area contributed by atoms with Crippen molar-refractivity contribution in [2.45, 2.75) is 24.8 Å². The number of nitrogens with zero attached hydrogens (tertiary/aromatic N) is 3. The Balaban J connectivity index is 1.69. The summed E-state index contributed by atoms with van der Waals surface area (Å²) in [7, 11) is 7.42. The molecule has 2 atom stereocenters. The van der Waals surface area contributed by atoms with Gasteiger partial charge in [-0.25, -0.2) is 14.2 Å². The summed E-state index contributed by atoms with van der Waals surface area (Å²) in [6.45, 7) is 3.69. The maximum atomic E-state index is 14.7. The van der Waals surface area contributed by atoms with Gasteiger partial charge in [0.25, 0.3) is 0 Å². The van der Waals surface area contributed by atoms with Crippen LogP contribution in [0.15, 0.2) is 53.1 Å². The third-order valence-corrected chi connectivity index (χ3v) is 6.44. The summed E-state index contributed by atoms with van der Waals surface area (Å²) in [6, 6.07) is 11.7. The number of halogens is 1. The monoisotopic (exact) mass is 472 g/mol. The second-order valence-electron chi connectivity index (χ2n) is 8.24. The zero-order valence-electron chi connectivity index (χ0n) is 18.1. The molecule has 0 spiro atoms. The summed E-state index contributed by atoms with van der Waals surface area (Å²) in [5, 5.41) is 3.00. The van der Waals surface area contributed by atoms with Crippen LogP contribution in [0, 0.1) is 12.7 Å². The maximum Gasteiger partial charge on any atom is 0.322 e. The van der Waals surface area contributed by atoms with Crippen LogP contribution in [0.2, 0.25) is 0 Å². The molecule has 2 amide bonds. The number of nitrogens with one attached hydrogen (secondary N) is 1. The van der Waals surface area contributed by atoms with Crippen molar-refractivity contribution in [1.29, 1.82) is 0 Å². The third-order valence-electron chi connectivity index (χ3n) is 5.49. The Labute approximate surface area is 192 Å². The van der Waals surface area contributed by atoms with E-state index in [0.29, 0.717) is 34.9 Å². The van der Waals surface area contributed by atoms with E-state index >= 15 is 0 Å². The van der Waals surface area contributed by atoms with Gasteiger partial charge in [0, 0.05) is 42.4 Å². The lowest BCUT2D eigenvalue weighted by Crippen LogP contribution is -2.32. The van der Waals surface area contributed by atoms with Crippen LogP contribution in [0.1, 0.15) is 17.9 Å². The Hall–Kier alpha value is -2.49. The third kappa shape index (κ3) is 4.95. The van der Waals surface area contributed by atoms with Gasteiger partial charge < -0.3 is 19.5 Å². The molecule has 1 fully saturated rings. The number of amides is 2. The van der Waals surface area contributed by atoms with E-state index in [1.54, 1.807) is 37.5 Å². The van der Waals surface area contributed by atoms with E-state index in [2.05, 4.69) is 33.7 Å². The van der Waals surface area contributed by atoms with Crippen LogP contribution in [0.5, 0.6) is 0 Å². The van der Waals surface area contributed by atoms with E-state index in [9.17, 15) is 9.18 Å². The summed E-state index contributed by atoms with van der Waals surface area (Å²) < 4.78 is 20.3. The number of carbonyl (C=O) groups excluding carboxylic acids is 1. The first kappa shape index (κ1) is 22.7. The van der Waals surface area contributed by atoms with Crippen molar-refractivity contribution in [3.63, 3.8) is 0 Å². The smallest absolute Gasteiger partial charge is 0.322 e. The average Bonchev–Trinajstić information content (AvgIpc) is 3.33. The van der Waals surface area contributed by atoms with Crippen molar-refractivity contribution in [3.8, 4) is 11.1 Å². The number of aryl methyl sites for hydroxylation is 1. The Bertz CT molecular complexity index is 1130. The van der Waals surface area contributed by atoms with Gasteiger partial charge in [-0.3, -0.25) is 0 Å². The molecule has 3 aromatic rings. The second kappa shape index (κ2) is 9.17. The van der Waals surface area contributed by atoms with E-state index in [-0.39, 0.29) is 16.7 Å². The van der Waals surface area contributed by atoms with Gasteiger partial charge in [0.15, 0.2) is 5.82 Å². The Morgan fingerprint density at radius 1 is 1.25 bits per heavy atom. The lowest BCUT2D eigenvalue weighted by Gasteiger charge is -2.26. The lowest BCUT2D eigenvalue weighted by molar-refractivity contribution is 0.216. The van der Waals surface area contributed by atoms with Crippen molar-refractivity contribution in [1.82, 2.24) is 9.88 Å². The first-order chi connectivity index (χ1) is 15.2. The van der Waals surface area contributed by atoms with Crippen molar-refractivity contribution < 1.29 is 13.6 Å². The van der Waals surface area contributed by atoms with Crippen LogP contribution in [0.25, 0.3) is 11.1 Å². The minimum atomic E-state index is -0.354. The fraction of sp³-hybridized carbons (Fsp3) is 0.304. The number of hydrogen-bond acceptors (Lipinski definition) is 4. The quantitative estimate of drug-likeness (QED) is 0.525. The number of anilines is 2. The molecule has 4 rings (SSSR count). The molecule has 1 aliphatic rings. The van der Waals surface area contributed by atoms with Crippen molar-refractivity contribution >= 4 is 36.0 Å². The number of aromatic nitrogens is 1. The number of rotatable bonds is 5. The minimum Gasteiger partial charge on any atom is -0.464 e. The number of urea groups is 1. The first-order valence-corrected chi connectivity index (χ1v) is 11.5. The molecule has 168 valence electrons. The fourth-order valence-electron chi connectivity index (χ4n) is 3.83. The zero-order chi connectivity index (χ0) is 22.9. The van der Waals surface area contributed by atoms with Gasteiger partial charge in [0.05, 0.1) is 12.2 Å². The molecule has 1 aliphatic heterocycles. The summed E-state index contributed by atoms with van der Waals surface area (Å²) in [5.74, 6) is 1.76. The largest absolute Gasteiger partial charge is 0.464 e. The Morgan fingerprint density at radius 2 is 2.03 bits per heavy atom. The van der Waals surface area contributed by atoms with Gasteiger partial charge in [-0.15, -0.1) is 18.5 Å². The molecular weight excluding hydrogens is 445 g/mol. The molecule has 2 unspecified atom stereocenters. The molecule has 3 heterocycles. The molecule has 0 saturated carbocycles. The van der Waals surface area contributed by atoms with E-state index in [0.717, 1.165) is 25.3 Å². The van der Waals surface area contributed by atoms with E-state index < -0.39 is 0 Å². The van der Waals surface area contributed by atoms with Gasteiger partial charge in [0.2, 0.25) is 0 Å². The van der Waals surface area contributed by atoms with Gasteiger partial charge in [-0.2, -0.15) is 0 Å². The molecule has 0 radical (unpaired) electrons. The molecule has 1 N–H and O–H groups in total. The summed E-state index contributed by atoms with van der Waals surface area (Å²) >= 11 is 0. The molecule has 1 aromatic carbocycles. The standard InChI is InChI=1S/C23H27FN4O2P2/c1-15-7-8-16(30-15)13-27(2)22(29)26-20-18(17-5-3-4-6-19(17)24)9-11-25-21(20)28-12-10-23(31,32)14-28/h3-9,11H,10,12-14,31-32H2,1-2H3,(H,26,29). The van der Waals surface area contributed by atoms with Gasteiger partial charge in [-0.05, 0) is 37.6 Å². The van der Waals surface area contributed by atoms with Crippen LogP contribution >= 0.6 is 18.5 Å². The highest BCUT2D eigenvalue weighted by Gasteiger charge is 2.33. The number of hydrogen-bond donors (Lipinski definition) is 1. The first-order valence-electron chi connectivity index (χ1n) is 10.4. The van der Waals surface area contributed by atoms with E-state index in [1.807, 2.05) is 19.1 Å². The van der Waals surface area contributed by atoms with Crippen molar-refractivity contribution in [3.05, 3.63) is 66.0 Å². The van der Waals surface area contributed by atoms with E-state index in [1.165, 1.54) is 11.0 Å². The minimum absolute atomic E-state index is 0.0229. The van der Waals surface area contributed by atoms with Gasteiger partial charge in [0.1, 0.15) is 17.3 Å². The SMILES string of the molecule is Cc1ccc(CN(C)C(=O)Nc2c(-c3ccccc3F)ccnc2N2CCC(P)(P)C2)o1. The predicted molar refractivity (Wildman–Crippen MR) is 133 cm³/mol. The molecular formula is C23H27FN4O2P2. The van der Waals surface area contributed by atoms with Gasteiger partial charge in [-0.1, -0.05) is 18.2 Å². The molecule has 1 saturated heterocycles. The highest BCUT2D eigenvalue weighted by atomic mass is 31.1. The second-order valence-corrected chi connectivity index (χ2v) is 11.2. The molecule has 9 heteroatoms. The number of carbonyl (C=O) groups is 1. The van der Waals surface area contributed by atoms with Crippen LogP contribution < -0.4 is 10.2 Å². The van der Waals surface area contributed by atoms with E-state index in [4.69, 9.17) is 4.42 Å². The molecule has 0 bridgehead atoms. The zero-order valence-corrected chi connectivity index (χ0v) is 20.4. The van der Waals surface area contributed by atoms with Crippen molar-refractivity contribution in [2.24, 2.45) is 0 Å². The Kier molecular flexibility index (Phi) is 6.50. The van der Waals surface area contributed by atoms with Crippen molar-refractivity contribution in [2.75, 3.05) is 30.4 Å². The maximum absolute atomic E-state index is 14.7. The normalized spacial score (nSPS) is 15.1. The summed E-state index contributed by atoms with van der Waals surface area (Å²) in [5.41, 5.74) is 1.50. The number of furan rings is 1. The number of pyridine rings is 1. The van der Waals surface area contributed by atoms with Crippen LogP contribution in [0.4, 0.5) is 20.7 Å². The average molecular weight is 472 g/mol. The molecule has 6 nitrogen and oxygen atoms in total. The predicted octanol–water partition coefficient (Wildman–Crippen LogP) is 5.11. The molecule has 32 heavy (non-hydrogen) atoms. The van der Waals surface area contributed by atoms with Crippen LogP contribution in [-0.2, 0) is 6.54 Å². The van der Waals surface area contributed by atoms with Crippen LogP contribution in [0.3, 0.4) is 0 Å². The summed E-state index contributed by atoms with van der Waals surface area (Å²) in [4.78, 5) is 21.3. The van der Waals surface area contributed by atoms with Gasteiger partial charge >= 0.3 is 6.03 Å².